The Bertz CT molecular complexity index is 1040. The van der Waals surface area contributed by atoms with Gasteiger partial charge in [-0.3, -0.25) is 4.99 Å². The number of benzene rings is 2. The summed E-state index contributed by atoms with van der Waals surface area (Å²) in [6.07, 6.45) is -4.63. The summed E-state index contributed by atoms with van der Waals surface area (Å²) >= 11 is 0. The number of anilines is 1. The number of aliphatic hydroxyl groups excluding tert-OH is 1. The molecule has 10 heteroatoms. The number of nitrogens with one attached hydrogen (secondary N) is 2. The van der Waals surface area contributed by atoms with Gasteiger partial charge in [-0.2, -0.15) is 0 Å². The monoisotopic (exact) mass is 465 g/mol. The fourth-order valence-corrected chi connectivity index (χ4v) is 3.49. The van der Waals surface area contributed by atoms with E-state index in [4.69, 9.17) is 4.74 Å². The summed E-state index contributed by atoms with van der Waals surface area (Å²) in [6.45, 7) is 7.34. The van der Waals surface area contributed by atoms with Crippen molar-refractivity contribution in [1.29, 1.82) is 0 Å². The number of fused-ring (bicyclic) bond motifs is 1. The van der Waals surface area contributed by atoms with Crippen LogP contribution in [0.4, 0.5) is 29.3 Å². The van der Waals surface area contributed by atoms with Gasteiger partial charge in [-0.25, -0.2) is 4.79 Å². The highest BCUT2D eigenvalue weighted by molar-refractivity contribution is 5.94. The lowest BCUT2D eigenvalue weighted by atomic mass is 9.92. The number of aliphatic imine (C=N–C) groups is 1. The van der Waals surface area contributed by atoms with Crippen molar-refractivity contribution in [2.75, 3.05) is 11.9 Å². The molecule has 0 aromatic heterocycles. The smallest absolute Gasteiger partial charge is 0.444 e. The molecule has 3 N–H and O–H groups in total. The van der Waals surface area contributed by atoms with Crippen molar-refractivity contribution in [3.63, 3.8) is 0 Å². The maximum Gasteiger partial charge on any atom is 0.573 e. The van der Waals surface area contributed by atoms with Crippen molar-refractivity contribution >= 4 is 23.7 Å². The number of ether oxygens (including phenoxy) is 2. The van der Waals surface area contributed by atoms with Crippen molar-refractivity contribution in [2.24, 2.45) is 4.99 Å². The molecule has 0 saturated carbocycles. The molecular weight excluding hydrogens is 439 g/mol. The first-order valence-corrected chi connectivity index (χ1v) is 10.3. The van der Waals surface area contributed by atoms with E-state index in [9.17, 15) is 23.1 Å². The maximum absolute atomic E-state index is 12.5. The summed E-state index contributed by atoms with van der Waals surface area (Å²) in [5, 5.41) is 16.3. The molecule has 1 amide bonds. The van der Waals surface area contributed by atoms with E-state index < -0.39 is 24.2 Å². The van der Waals surface area contributed by atoms with E-state index in [-0.39, 0.29) is 12.3 Å². The van der Waals surface area contributed by atoms with Crippen LogP contribution >= 0.6 is 0 Å². The van der Waals surface area contributed by atoms with Crippen LogP contribution in [-0.4, -0.2) is 35.9 Å². The minimum atomic E-state index is -4.78. The van der Waals surface area contributed by atoms with Crippen LogP contribution in [0.1, 0.15) is 44.9 Å². The molecule has 1 aliphatic rings. The highest BCUT2D eigenvalue weighted by Crippen LogP contribution is 2.44. The molecule has 7 nitrogen and oxygen atoms in total. The summed E-state index contributed by atoms with van der Waals surface area (Å²) in [5.74, 6) is -0.335. The van der Waals surface area contributed by atoms with Gasteiger partial charge in [-0.05, 0) is 57.0 Å². The molecule has 0 fully saturated rings. The summed E-state index contributed by atoms with van der Waals surface area (Å²) < 4.78 is 46.7. The number of hydrogen-bond acceptors (Lipinski definition) is 6. The number of amides is 1. The fraction of sp³-hybridized carbons (Fsp3) is 0.391. The molecule has 1 heterocycles. The van der Waals surface area contributed by atoms with E-state index in [0.717, 1.165) is 0 Å². The highest BCUT2D eigenvalue weighted by atomic mass is 19.4. The zero-order chi connectivity index (χ0) is 24.4. The second-order valence-electron chi connectivity index (χ2n) is 8.52. The van der Waals surface area contributed by atoms with Crippen LogP contribution in [-0.2, 0) is 11.3 Å². The Hall–Kier alpha value is -3.27. The van der Waals surface area contributed by atoms with E-state index in [1.54, 1.807) is 40.0 Å². The number of nitrogens with zero attached hydrogens (tertiary/aromatic N) is 1. The molecule has 2 aromatic rings. The third-order valence-electron chi connectivity index (χ3n) is 4.66. The minimum Gasteiger partial charge on any atom is -0.444 e. The summed E-state index contributed by atoms with van der Waals surface area (Å²) in [4.78, 5) is 16.6. The van der Waals surface area contributed by atoms with E-state index in [0.29, 0.717) is 40.2 Å². The van der Waals surface area contributed by atoms with Crippen LogP contribution in [0.15, 0.2) is 35.3 Å². The molecule has 0 radical (unpaired) electrons. The molecule has 33 heavy (non-hydrogen) atoms. The molecular formula is C23H26F3N3O4. The van der Waals surface area contributed by atoms with Gasteiger partial charge in [-0.1, -0.05) is 12.1 Å². The lowest BCUT2D eigenvalue weighted by Crippen LogP contribution is -2.32. The van der Waals surface area contributed by atoms with Crippen LogP contribution in [0.5, 0.6) is 5.75 Å². The Morgan fingerprint density at radius 1 is 1.24 bits per heavy atom. The molecule has 0 aliphatic carbocycles. The standard InChI is InChI=1S/C23H26F3N3O4/c1-13(30)18-15(12-29-21(31)33-22(2,3)4)11-17(19-20(18)28-10-9-27-19)14-5-7-16(8-6-14)32-23(24,25)26/h5-8,10-11,13,27,30H,9,12H2,1-4H3,(H,29,31). The third kappa shape index (κ3) is 6.38. The zero-order valence-corrected chi connectivity index (χ0v) is 18.7. The van der Waals surface area contributed by atoms with Crippen LogP contribution in [0.3, 0.4) is 0 Å². The largest absolute Gasteiger partial charge is 0.573 e. The highest BCUT2D eigenvalue weighted by Gasteiger charge is 2.31. The van der Waals surface area contributed by atoms with Crippen LogP contribution in [0.25, 0.3) is 11.1 Å². The van der Waals surface area contributed by atoms with Crippen LogP contribution in [0.2, 0.25) is 0 Å². The molecule has 1 atom stereocenters. The first-order valence-electron chi connectivity index (χ1n) is 10.3. The van der Waals surface area contributed by atoms with Gasteiger partial charge in [0, 0.05) is 23.9 Å². The predicted molar refractivity (Wildman–Crippen MR) is 119 cm³/mol. The Morgan fingerprint density at radius 2 is 1.91 bits per heavy atom. The Balaban J connectivity index is 2.01. The van der Waals surface area contributed by atoms with E-state index in [1.165, 1.54) is 24.3 Å². The molecule has 2 aromatic carbocycles. The normalized spacial score (nSPS) is 14.2. The summed E-state index contributed by atoms with van der Waals surface area (Å²) in [5.41, 5.74) is 2.87. The van der Waals surface area contributed by atoms with Gasteiger partial charge in [-0.15, -0.1) is 13.2 Å². The lowest BCUT2D eigenvalue weighted by molar-refractivity contribution is -0.274. The molecule has 3 rings (SSSR count). The van der Waals surface area contributed by atoms with E-state index in [1.807, 2.05) is 0 Å². The number of alkyl carbamates (subject to hydrolysis) is 1. The average Bonchev–Trinajstić information content (AvgIpc) is 2.69. The van der Waals surface area contributed by atoms with Crippen molar-refractivity contribution < 1.29 is 32.5 Å². The Morgan fingerprint density at radius 3 is 2.48 bits per heavy atom. The molecule has 1 unspecified atom stereocenters. The number of halogens is 3. The zero-order valence-electron chi connectivity index (χ0n) is 18.7. The van der Waals surface area contributed by atoms with Gasteiger partial charge >= 0.3 is 12.5 Å². The second kappa shape index (κ2) is 9.30. The van der Waals surface area contributed by atoms with Gasteiger partial charge in [0.25, 0.3) is 0 Å². The summed E-state index contributed by atoms with van der Waals surface area (Å²) in [6, 6.07) is 7.23. The lowest BCUT2D eigenvalue weighted by Gasteiger charge is -2.25. The van der Waals surface area contributed by atoms with E-state index >= 15 is 0 Å². The van der Waals surface area contributed by atoms with Crippen molar-refractivity contribution in [2.45, 2.75) is 52.3 Å². The molecule has 0 spiro atoms. The number of hydrogen-bond donors (Lipinski definition) is 3. The maximum atomic E-state index is 12.5. The number of aliphatic hydroxyl groups is 1. The van der Waals surface area contributed by atoms with Gasteiger partial charge in [0.05, 0.1) is 24.0 Å². The van der Waals surface area contributed by atoms with Gasteiger partial charge in [0.15, 0.2) is 0 Å². The van der Waals surface area contributed by atoms with Crippen LogP contribution < -0.4 is 15.4 Å². The average molecular weight is 465 g/mol. The fourth-order valence-electron chi connectivity index (χ4n) is 3.49. The number of rotatable bonds is 5. The Labute approximate surface area is 189 Å². The SMILES string of the molecule is CC(O)c1c(CNC(=O)OC(C)(C)C)cc(-c2ccc(OC(F)(F)F)cc2)c2c1N=CCN2. The first kappa shape index (κ1) is 24.4. The minimum absolute atomic E-state index is 0.0558. The predicted octanol–water partition coefficient (Wildman–Crippen LogP) is 5.46. The number of alkyl halides is 3. The van der Waals surface area contributed by atoms with Gasteiger partial charge < -0.3 is 25.2 Å². The van der Waals surface area contributed by atoms with Gasteiger partial charge in [0.2, 0.25) is 0 Å². The van der Waals surface area contributed by atoms with Crippen LogP contribution in [0, 0.1) is 0 Å². The topological polar surface area (TPSA) is 92.2 Å². The van der Waals surface area contributed by atoms with E-state index in [2.05, 4.69) is 20.4 Å². The summed E-state index contributed by atoms with van der Waals surface area (Å²) in [7, 11) is 0. The molecule has 178 valence electrons. The molecule has 1 aliphatic heterocycles. The van der Waals surface area contributed by atoms with Crippen molar-refractivity contribution in [3.8, 4) is 16.9 Å². The third-order valence-corrected chi connectivity index (χ3v) is 4.66. The first-order chi connectivity index (χ1) is 15.3. The second-order valence-corrected chi connectivity index (χ2v) is 8.52. The van der Waals surface area contributed by atoms with Crippen molar-refractivity contribution in [3.05, 3.63) is 41.5 Å². The molecule has 0 saturated heterocycles. The molecule has 0 bridgehead atoms. The van der Waals surface area contributed by atoms with Gasteiger partial charge in [0.1, 0.15) is 11.4 Å². The quantitative estimate of drug-likeness (QED) is 0.546. The number of carbonyl (C=O) groups is 1. The number of carbonyl (C=O) groups excluding carboxylic acids is 1. The Kier molecular flexibility index (Phi) is 6.87. The van der Waals surface area contributed by atoms with Crippen molar-refractivity contribution in [1.82, 2.24) is 5.32 Å².